The van der Waals surface area contributed by atoms with E-state index in [1.807, 2.05) is 0 Å². The number of morpholine rings is 1. The molecule has 1 saturated heterocycles. The Hall–Kier alpha value is -1.59. The van der Waals surface area contributed by atoms with Crippen LogP contribution in [0.5, 0.6) is 5.75 Å². The molecule has 0 aromatic heterocycles. The van der Waals surface area contributed by atoms with Gasteiger partial charge in [0.25, 0.3) is 5.91 Å². The van der Waals surface area contributed by atoms with Crippen LogP contribution in [0.15, 0.2) is 24.3 Å². The second-order valence-corrected chi connectivity index (χ2v) is 3.81. The number of ether oxygens (including phenoxy) is 2. The number of β-amino-alcohol motifs (C(OH)–C–C–N with tert-alkyl or cyclic N) is 1. The molecule has 1 atom stereocenters. The highest BCUT2D eigenvalue weighted by molar-refractivity contribution is 5.94. The molecular formula is C12H15NO4. The van der Waals surface area contributed by atoms with E-state index in [0.717, 1.165) is 0 Å². The molecule has 0 saturated carbocycles. The van der Waals surface area contributed by atoms with Crippen molar-refractivity contribution in [1.82, 2.24) is 4.90 Å². The average molecular weight is 237 g/mol. The van der Waals surface area contributed by atoms with E-state index in [-0.39, 0.29) is 12.5 Å². The summed E-state index contributed by atoms with van der Waals surface area (Å²) in [4.78, 5) is 13.6. The molecule has 1 aromatic rings. The van der Waals surface area contributed by atoms with Crippen molar-refractivity contribution >= 4 is 5.91 Å². The molecule has 5 heteroatoms. The molecule has 92 valence electrons. The van der Waals surface area contributed by atoms with Crippen LogP contribution in [0.3, 0.4) is 0 Å². The van der Waals surface area contributed by atoms with Gasteiger partial charge in [0.05, 0.1) is 20.3 Å². The van der Waals surface area contributed by atoms with Crippen LogP contribution >= 0.6 is 0 Å². The Bertz CT molecular complexity index is 390. The maximum atomic E-state index is 12.1. The second-order valence-electron chi connectivity index (χ2n) is 3.81. The summed E-state index contributed by atoms with van der Waals surface area (Å²) in [6.45, 7) is 1.08. The molecule has 1 aliphatic rings. The molecule has 2 rings (SSSR count). The zero-order valence-electron chi connectivity index (χ0n) is 9.63. The number of nitrogens with zero attached hydrogens (tertiary/aromatic N) is 1. The Balaban J connectivity index is 2.07. The molecule has 1 unspecified atom stereocenters. The molecule has 17 heavy (non-hydrogen) atoms. The van der Waals surface area contributed by atoms with Crippen molar-refractivity contribution in [2.24, 2.45) is 0 Å². The Kier molecular flexibility index (Phi) is 3.61. The van der Waals surface area contributed by atoms with Crippen LogP contribution in [0.4, 0.5) is 0 Å². The van der Waals surface area contributed by atoms with E-state index in [4.69, 9.17) is 9.47 Å². The van der Waals surface area contributed by atoms with E-state index in [0.29, 0.717) is 24.5 Å². The SMILES string of the molecule is COc1ccc(C(=O)N2CCOC(O)C2)cc1. The summed E-state index contributed by atoms with van der Waals surface area (Å²) in [6.07, 6.45) is -0.883. The number of rotatable bonds is 2. The van der Waals surface area contributed by atoms with Crippen LogP contribution in [0.25, 0.3) is 0 Å². The van der Waals surface area contributed by atoms with Crippen molar-refractivity contribution in [2.45, 2.75) is 6.29 Å². The highest BCUT2D eigenvalue weighted by Crippen LogP contribution is 2.14. The first kappa shape index (κ1) is 11.9. The zero-order chi connectivity index (χ0) is 12.3. The number of carbonyl (C=O) groups excluding carboxylic acids is 1. The average Bonchev–Trinajstić information content (AvgIpc) is 2.38. The summed E-state index contributed by atoms with van der Waals surface area (Å²) in [7, 11) is 1.58. The first-order chi connectivity index (χ1) is 8.20. The molecule has 0 bridgehead atoms. The van der Waals surface area contributed by atoms with E-state index >= 15 is 0 Å². The molecule has 1 N–H and O–H groups in total. The third kappa shape index (κ3) is 2.75. The van der Waals surface area contributed by atoms with Gasteiger partial charge >= 0.3 is 0 Å². The van der Waals surface area contributed by atoms with Crippen molar-refractivity contribution < 1.29 is 19.4 Å². The molecule has 1 aliphatic heterocycles. The summed E-state index contributed by atoms with van der Waals surface area (Å²) < 4.78 is 10.00. The fourth-order valence-electron chi connectivity index (χ4n) is 1.73. The topological polar surface area (TPSA) is 59.0 Å². The van der Waals surface area contributed by atoms with Gasteiger partial charge in [0.15, 0.2) is 6.29 Å². The largest absolute Gasteiger partial charge is 0.497 e. The number of hydrogen-bond acceptors (Lipinski definition) is 4. The van der Waals surface area contributed by atoms with Crippen LogP contribution < -0.4 is 4.74 Å². The highest BCUT2D eigenvalue weighted by atomic mass is 16.6. The number of carbonyl (C=O) groups is 1. The summed E-state index contributed by atoms with van der Waals surface area (Å²) in [5.74, 6) is 0.610. The van der Waals surface area contributed by atoms with Crippen LogP contribution in [0, 0.1) is 0 Å². The van der Waals surface area contributed by atoms with Gasteiger partial charge in [-0.05, 0) is 24.3 Å². The third-order valence-electron chi connectivity index (χ3n) is 2.67. The molecule has 1 aromatic carbocycles. The monoisotopic (exact) mass is 237 g/mol. The van der Waals surface area contributed by atoms with Crippen LogP contribution in [0.2, 0.25) is 0 Å². The van der Waals surface area contributed by atoms with Crippen molar-refractivity contribution in [3.8, 4) is 5.75 Å². The molecule has 1 heterocycles. The lowest BCUT2D eigenvalue weighted by Crippen LogP contribution is -2.45. The smallest absolute Gasteiger partial charge is 0.254 e. The van der Waals surface area contributed by atoms with E-state index in [9.17, 15) is 9.90 Å². The molecule has 0 spiro atoms. The van der Waals surface area contributed by atoms with E-state index < -0.39 is 6.29 Å². The first-order valence-corrected chi connectivity index (χ1v) is 5.43. The maximum Gasteiger partial charge on any atom is 0.254 e. The number of amides is 1. The van der Waals surface area contributed by atoms with Gasteiger partial charge in [-0.25, -0.2) is 0 Å². The lowest BCUT2D eigenvalue weighted by atomic mass is 10.2. The quantitative estimate of drug-likeness (QED) is 0.813. The minimum absolute atomic E-state index is 0.102. The second kappa shape index (κ2) is 5.16. The fourth-order valence-corrected chi connectivity index (χ4v) is 1.73. The number of aliphatic hydroxyl groups is 1. The Morgan fingerprint density at radius 3 is 2.76 bits per heavy atom. The summed E-state index contributed by atoms with van der Waals surface area (Å²) in [5.41, 5.74) is 0.583. The molecule has 1 amide bonds. The highest BCUT2D eigenvalue weighted by Gasteiger charge is 2.23. The van der Waals surface area contributed by atoms with E-state index in [1.54, 1.807) is 36.3 Å². The van der Waals surface area contributed by atoms with Crippen LogP contribution in [-0.2, 0) is 4.74 Å². The lowest BCUT2D eigenvalue weighted by Gasteiger charge is -2.30. The predicted molar refractivity (Wildman–Crippen MR) is 60.9 cm³/mol. The van der Waals surface area contributed by atoms with Gasteiger partial charge in [-0.15, -0.1) is 0 Å². The molecular weight excluding hydrogens is 222 g/mol. The third-order valence-corrected chi connectivity index (χ3v) is 2.67. The van der Waals surface area contributed by atoms with Crippen LogP contribution in [-0.4, -0.2) is 49.0 Å². The minimum atomic E-state index is -0.883. The fraction of sp³-hybridized carbons (Fsp3) is 0.417. The van der Waals surface area contributed by atoms with E-state index in [2.05, 4.69) is 0 Å². The summed E-state index contributed by atoms with van der Waals surface area (Å²) in [6, 6.07) is 6.90. The van der Waals surface area contributed by atoms with Gasteiger partial charge in [-0.2, -0.15) is 0 Å². The van der Waals surface area contributed by atoms with Crippen molar-refractivity contribution in [3.63, 3.8) is 0 Å². The van der Waals surface area contributed by atoms with Gasteiger partial charge in [0.2, 0.25) is 0 Å². The Labute approximate surface area is 99.6 Å². The Morgan fingerprint density at radius 2 is 2.18 bits per heavy atom. The number of benzene rings is 1. The van der Waals surface area contributed by atoms with Gasteiger partial charge in [0, 0.05) is 12.1 Å². The van der Waals surface area contributed by atoms with Gasteiger partial charge in [0.1, 0.15) is 5.75 Å². The lowest BCUT2D eigenvalue weighted by molar-refractivity contribution is -0.137. The summed E-state index contributed by atoms with van der Waals surface area (Å²) >= 11 is 0. The molecule has 1 fully saturated rings. The molecule has 0 radical (unpaired) electrons. The zero-order valence-corrected chi connectivity index (χ0v) is 9.63. The number of methoxy groups -OCH3 is 1. The minimum Gasteiger partial charge on any atom is -0.497 e. The normalized spacial score (nSPS) is 20.1. The maximum absolute atomic E-state index is 12.1. The molecule has 5 nitrogen and oxygen atoms in total. The molecule has 0 aliphatic carbocycles. The summed E-state index contributed by atoms with van der Waals surface area (Å²) in [5, 5.41) is 9.32. The first-order valence-electron chi connectivity index (χ1n) is 5.43. The van der Waals surface area contributed by atoms with Crippen molar-refractivity contribution in [3.05, 3.63) is 29.8 Å². The number of hydrogen-bond donors (Lipinski definition) is 1. The van der Waals surface area contributed by atoms with Crippen LogP contribution in [0.1, 0.15) is 10.4 Å². The standard InChI is InChI=1S/C12H15NO4/c1-16-10-4-2-9(3-5-10)12(15)13-6-7-17-11(14)8-13/h2-5,11,14H,6-8H2,1H3. The van der Waals surface area contributed by atoms with Crippen molar-refractivity contribution in [2.75, 3.05) is 26.8 Å². The predicted octanol–water partition coefficient (Wildman–Crippen LogP) is 0.486. The van der Waals surface area contributed by atoms with Gasteiger partial charge in [-0.3, -0.25) is 4.79 Å². The van der Waals surface area contributed by atoms with Gasteiger partial charge in [-0.1, -0.05) is 0 Å². The Morgan fingerprint density at radius 1 is 1.47 bits per heavy atom. The number of aliphatic hydroxyl groups excluding tert-OH is 1. The van der Waals surface area contributed by atoms with Crippen molar-refractivity contribution in [1.29, 1.82) is 0 Å². The van der Waals surface area contributed by atoms with Gasteiger partial charge < -0.3 is 19.5 Å². The van der Waals surface area contributed by atoms with E-state index in [1.165, 1.54) is 0 Å².